The molecule has 254 valence electrons. The van der Waals surface area contributed by atoms with Crippen LogP contribution in [0.4, 0.5) is 42.2 Å². The van der Waals surface area contributed by atoms with E-state index < -0.39 is 37.2 Å². The zero-order chi connectivity index (χ0) is 35.1. The molecule has 1 amide bonds. The number of hydrogen-bond acceptors (Lipinski definition) is 7. The molecule has 48 heavy (non-hydrogen) atoms. The number of rotatable bonds is 10. The fraction of sp³-hybridized carbons (Fsp3) is 0.290. The molecule has 17 heteroatoms. The molecular formula is C31H28F7N7O3. The van der Waals surface area contributed by atoms with Crippen molar-refractivity contribution in [3.8, 4) is 23.1 Å². The van der Waals surface area contributed by atoms with Crippen LogP contribution in [-0.4, -0.2) is 68.6 Å². The van der Waals surface area contributed by atoms with E-state index in [1.807, 2.05) is 0 Å². The molecule has 0 radical (unpaired) electrons. The molecule has 0 atom stereocenters. The van der Waals surface area contributed by atoms with E-state index in [0.717, 1.165) is 18.8 Å². The van der Waals surface area contributed by atoms with E-state index in [-0.39, 0.29) is 45.9 Å². The van der Waals surface area contributed by atoms with Crippen LogP contribution in [0.15, 0.2) is 48.8 Å². The van der Waals surface area contributed by atoms with Gasteiger partial charge in [0.15, 0.2) is 5.82 Å². The summed E-state index contributed by atoms with van der Waals surface area (Å²) in [5, 5.41) is 11.6. The first-order valence-corrected chi connectivity index (χ1v) is 14.1. The number of methoxy groups -OCH3 is 1. The van der Waals surface area contributed by atoms with Gasteiger partial charge in [-0.25, -0.2) is 13.8 Å². The molecule has 0 aliphatic carbocycles. The number of amides is 1. The number of ether oxygens (including phenoxy) is 2. The summed E-state index contributed by atoms with van der Waals surface area (Å²) in [5.41, 5.74) is 1.45. The van der Waals surface area contributed by atoms with Crippen molar-refractivity contribution in [1.29, 1.82) is 0 Å². The molecule has 0 fully saturated rings. The third kappa shape index (κ3) is 6.99. The second-order valence-electron chi connectivity index (χ2n) is 10.8. The van der Waals surface area contributed by atoms with Crippen LogP contribution >= 0.6 is 0 Å². The maximum atomic E-state index is 14.1. The van der Waals surface area contributed by atoms with Crippen molar-refractivity contribution in [2.45, 2.75) is 40.0 Å². The molecule has 0 saturated carbocycles. The van der Waals surface area contributed by atoms with Gasteiger partial charge in [0.2, 0.25) is 0 Å². The van der Waals surface area contributed by atoms with E-state index in [1.165, 1.54) is 49.8 Å². The average Bonchev–Trinajstić information content (AvgIpc) is 3.53. The first kappa shape index (κ1) is 34.0. The van der Waals surface area contributed by atoms with Crippen LogP contribution in [-0.2, 0) is 0 Å². The highest BCUT2D eigenvalue weighted by Crippen LogP contribution is 2.37. The lowest BCUT2D eigenvalue weighted by molar-refractivity contribution is -0.138. The summed E-state index contributed by atoms with van der Waals surface area (Å²) in [4.78, 5) is 18.1. The number of nitrogens with zero attached hydrogens (tertiary/aromatic N) is 6. The molecule has 0 aliphatic rings. The number of pyridine rings is 1. The minimum atomic E-state index is -4.63. The highest BCUT2D eigenvalue weighted by molar-refractivity contribution is 6.00. The fourth-order valence-electron chi connectivity index (χ4n) is 5.17. The summed E-state index contributed by atoms with van der Waals surface area (Å²) in [5.74, 6) is -1.07. The van der Waals surface area contributed by atoms with Crippen LogP contribution in [0.25, 0.3) is 22.5 Å². The molecule has 0 bridgehead atoms. The molecule has 0 spiro atoms. The average molecular weight is 680 g/mol. The molecule has 10 nitrogen and oxygen atoms in total. The van der Waals surface area contributed by atoms with Gasteiger partial charge < -0.3 is 28.8 Å². The number of hydrogen-bond donors (Lipinski definition) is 1. The molecule has 5 aromatic rings. The molecule has 0 unspecified atom stereocenters. The quantitative estimate of drug-likeness (QED) is 0.153. The molecule has 5 rings (SSSR count). The van der Waals surface area contributed by atoms with Crippen LogP contribution in [0.3, 0.4) is 0 Å². The predicted octanol–water partition coefficient (Wildman–Crippen LogP) is 7.46. The fourth-order valence-corrected chi connectivity index (χ4v) is 5.17. The number of alkyl halides is 7. The van der Waals surface area contributed by atoms with Gasteiger partial charge in [0, 0.05) is 30.4 Å². The lowest BCUT2D eigenvalue weighted by Gasteiger charge is -2.21. The zero-order valence-corrected chi connectivity index (χ0v) is 26.0. The molecule has 1 N–H and O–H groups in total. The van der Waals surface area contributed by atoms with Gasteiger partial charge in [-0.3, -0.25) is 4.79 Å². The third-order valence-electron chi connectivity index (χ3n) is 7.30. The third-order valence-corrected chi connectivity index (χ3v) is 7.30. The Morgan fingerprint density at radius 2 is 1.73 bits per heavy atom. The smallest absolute Gasteiger partial charge is 0.406 e. The second kappa shape index (κ2) is 13.0. The molecule has 0 saturated heterocycles. The number of anilines is 2. The molecule has 4 aromatic heterocycles. The molecular weight excluding hydrogens is 651 g/mol. The number of carbonyl (C=O) groups is 1. The van der Waals surface area contributed by atoms with Crippen molar-refractivity contribution in [2.24, 2.45) is 0 Å². The number of fused-ring (bicyclic) bond motifs is 1. The van der Waals surface area contributed by atoms with Gasteiger partial charge in [-0.2, -0.15) is 27.1 Å². The number of aromatic nitrogens is 5. The number of halogens is 7. The van der Waals surface area contributed by atoms with Gasteiger partial charge in [0.05, 0.1) is 41.3 Å². The Labute approximate surface area is 268 Å². The number of aryl methyl sites for hydroxylation is 3. The predicted molar refractivity (Wildman–Crippen MR) is 161 cm³/mol. The van der Waals surface area contributed by atoms with Crippen molar-refractivity contribution < 1.29 is 45.0 Å². The van der Waals surface area contributed by atoms with Gasteiger partial charge in [-0.1, -0.05) is 0 Å². The standard InChI is InChI=1S/C31H28F7N7O3/c1-15-12-45(25-7-6-19(26(32)33)28(40-25)44-13-18(9-17(44)3)48-30(34)35)23-11-22(24(47-5)10-20(15)23)39-27-21(8-16(2)41-42-27)29(46)43(4)14-31(36,37)38/h6-13,26,30H,14H2,1-5H3,(H,39,42). The number of benzene rings is 1. The van der Waals surface area contributed by atoms with Gasteiger partial charge in [-0.15, -0.1) is 5.10 Å². The number of carbonyl (C=O) groups excluding carboxylic acids is 1. The lowest BCUT2D eigenvalue weighted by Crippen LogP contribution is -2.36. The van der Waals surface area contributed by atoms with Gasteiger partial charge in [-0.05, 0) is 56.7 Å². The first-order valence-electron chi connectivity index (χ1n) is 14.1. The monoisotopic (exact) mass is 679 g/mol. The van der Waals surface area contributed by atoms with Crippen LogP contribution in [0.1, 0.15) is 39.3 Å². The Morgan fingerprint density at radius 3 is 2.38 bits per heavy atom. The Bertz CT molecular complexity index is 1990. The van der Waals surface area contributed by atoms with Gasteiger partial charge in [0.25, 0.3) is 12.3 Å². The van der Waals surface area contributed by atoms with Crippen LogP contribution in [0.2, 0.25) is 0 Å². The largest absolute Gasteiger partial charge is 0.495 e. The molecule has 1 aromatic carbocycles. The topological polar surface area (TPSA) is 99.3 Å². The number of nitrogens with one attached hydrogen (secondary N) is 1. The molecule has 0 aliphatic heterocycles. The van der Waals surface area contributed by atoms with Crippen LogP contribution in [0, 0.1) is 20.8 Å². The van der Waals surface area contributed by atoms with Crippen molar-refractivity contribution >= 4 is 28.3 Å². The Morgan fingerprint density at radius 1 is 1.00 bits per heavy atom. The SMILES string of the molecule is COc1cc2c(C)cn(-c3ccc(C(F)F)c(-n4cc(OC(F)F)cc4C)n3)c2cc1Nc1nnc(C)cc1C(=O)N(C)CC(F)(F)F. The zero-order valence-electron chi connectivity index (χ0n) is 26.0. The van der Waals surface area contributed by atoms with Crippen molar-refractivity contribution in [3.05, 3.63) is 76.9 Å². The minimum Gasteiger partial charge on any atom is -0.495 e. The minimum absolute atomic E-state index is 0.140. The van der Waals surface area contributed by atoms with Crippen molar-refractivity contribution in [2.75, 3.05) is 26.0 Å². The Kier molecular flexibility index (Phi) is 9.24. The summed E-state index contributed by atoms with van der Waals surface area (Å²) >= 11 is 0. The van der Waals surface area contributed by atoms with Crippen LogP contribution < -0.4 is 14.8 Å². The second-order valence-corrected chi connectivity index (χ2v) is 10.8. The Balaban J connectivity index is 1.62. The normalized spacial score (nSPS) is 11.9. The van der Waals surface area contributed by atoms with E-state index in [2.05, 4.69) is 25.2 Å². The maximum absolute atomic E-state index is 14.1. The van der Waals surface area contributed by atoms with Crippen LogP contribution in [0.5, 0.6) is 11.5 Å². The van der Waals surface area contributed by atoms with Gasteiger partial charge >= 0.3 is 12.8 Å². The van der Waals surface area contributed by atoms with Crippen molar-refractivity contribution in [3.63, 3.8) is 0 Å². The summed E-state index contributed by atoms with van der Waals surface area (Å²) < 4.78 is 106. The summed E-state index contributed by atoms with van der Waals surface area (Å²) in [6, 6.07) is 8.39. The first-order chi connectivity index (χ1) is 22.6. The van der Waals surface area contributed by atoms with E-state index in [4.69, 9.17) is 4.74 Å². The van der Waals surface area contributed by atoms with Gasteiger partial charge in [0.1, 0.15) is 29.7 Å². The summed E-state index contributed by atoms with van der Waals surface area (Å²) in [7, 11) is 2.41. The van der Waals surface area contributed by atoms with Crippen molar-refractivity contribution in [1.82, 2.24) is 29.2 Å². The van der Waals surface area contributed by atoms with E-state index in [9.17, 15) is 35.5 Å². The van der Waals surface area contributed by atoms with E-state index >= 15 is 0 Å². The highest BCUT2D eigenvalue weighted by atomic mass is 19.4. The summed E-state index contributed by atoms with van der Waals surface area (Å²) in [6.45, 7) is 0.237. The Hall–Kier alpha value is -5.35. The highest BCUT2D eigenvalue weighted by Gasteiger charge is 2.32. The summed E-state index contributed by atoms with van der Waals surface area (Å²) in [6.07, 6.45) is -4.75. The molecule has 4 heterocycles. The maximum Gasteiger partial charge on any atom is 0.406 e. The van der Waals surface area contributed by atoms with E-state index in [1.54, 1.807) is 29.8 Å². The lowest BCUT2D eigenvalue weighted by atomic mass is 10.1. The van der Waals surface area contributed by atoms with E-state index in [0.29, 0.717) is 21.5 Å².